The van der Waals surface area contributed by atoms with E-state index in [0.717, 1.165) is 22.5 Å². The maximum Gasteiger partial charge on any atom is 0.312 e. The Kier molecular flexibility index (Phi) is 4.60. The molecule has 0 radical (unpaired) electrons. The van der Waals surface area contributed by atoms with E-state index in [0.29, 0.717) is 0 Å². The third-order valence-corrected chi connectivity index (χ3v) is 3.73. The van der Waals surface area contributed by atoms with Crippen LogP contribution in [-0.4, -0.2) is 36.8 Å². The Morgan fingerprint density at radius 1 is 1.35 bits per heavy atom. The quantitative estimate of drug-likeness (QED) is 0.651. The van der Waals surface area contributed by atoms with Crippen LogP contribution >= 0.6 is 0 Å². The summed E-state index contributed by atoms with van der Waals surface area (Å²) in [6.45, 7) is 0. The molecule has 0 aromatic heterocycles. The highest BCUT2D eigenvalue weighted by Crippen LogP contribution is 2.28. The highest BCUT2D eigenvalue weighted by molar-refractivity contribution is 7.89. The van der Waals surface area contributed by atoms with Gasteiger partial charge in [0.1, 0.15) is 0 Å². The second-order valence-corrected chi connectivity index (χ2v) is 5.35. The molecule has 96 valence electrons. The standard InChI is InChI=1S/C8H10N2O5S.CH4/c1-9(2)16(14,15)6-3-4-8(11)7(5-6)10(12)13;/h3-5,11H,1-2H3;1H4. The molecule has 0 aliphatic heterocycles. The van der Waals surface area contributed by atoms with Gasteiger partial charge in [0.05, 0.1) is 9.82 Å². The molecule has 0 saturated heterocycles. The van der Waals surface area contributed by atoms with Crippen LogP contribution in [0.5, 0.6) is 5.75 Å². The van der Waals surface area contributed by atoms with Gasteiger partial charge in [-0.3, -0.25) is 10.1 Å². The number of aromatic hydroxyl groups is 1. The molecule has 0 amide bonds. The number of nitro benzene ring substituents is 1. The largest absolute Gasteiger partial charge is 0.502 e. The van der Waals surface area contributed by atoms with Gasteiger partial charge < -0.3 is 5.11 Å². The van der Waals surface area contributed by atoms with Crippen LogP contribution in [0.2, 0.25) is 0 Å². The minimum Gasteiger partial charge on any atom is -0.502 e. The summed E-state index contributed by atoms with van der Waals surface area (Å²) in [7, 11) is -1.10. The third-order valence-electron chi connectivity index (χ3n) is 1.92. The first-order valence-electron chi connectivity index (χ1n) is 4.16. The Bertz CT molecular complexity index is 524. The molecule has 0 bridgehead atoms. The van der Waals surface area contributed by atoms with E-state index in [1.165, 1.54) is 14.1 Å². The molecule has 7 nitrogen and oxygen atoms in total. The van der Waals surface area contributed by atoms with Crippen LogP contribution in [0.4, 0.5) is 5.69 Å². The van der Waals surface area contributed by atoms with Crippen molar-refractivity contribution in [3.05, 3.63) is 28.3 Å². The summed E-state index contributed by atoms with van der Waals surface area (Å²) in [5.74, 6) is -0.567. The van der Waals surface area contributed by atoms with E-state index in [2.05, 4.69) is 0 Å². The highest BCUT2D eigenvalue weighted by Gasteiger charge is 2.22. The van der Waals surface area contributed by atoms with Gasteiger partial charge in [0.2, 0.25) is 10.0 Å². The number of sulfonamides is 1. The number of benzene rings is 1. The minimum absolute atomic E-state index is 0. The Morgan fingerprint density at radius 3 is 2.29 bits per heavy atom. The lowest BCUT2D eigenvalue weighted by Gasteiger charge is -2.10. The molecule has 0 fully saturated rings. The van der Waals surface area contributed by atoms with Gasteiger partial charge in [0, 0.05) is 20.2 Å². The Morgan fingerprint density at radius 2 is 1.88 bits per heavy atom. The summed E-state index contributed by atoms with van der Waals surface area (Å²) >= 11 is 0. The molecule has 1 rings (SSSR count). The molecule has 0 aliphatic rings. The van der Waals surface area contributed by atoms with Gasteiger partial charge in [0.25, 0.3) is 0 Å². The number of rotatable bonds is 3. The number of nitrogens with zero attached hydrogens (tertiary/aromatic N) is 2. The summed E-state index contributed by atoms with van der Waals surface area (Å²) in [6.07, 6.45) is 0. The van der Waals surface area contributed by atoms with Crippen molar-refractivity contribution in [2.24, 2.45) is 0 Å². The zero-order valence-electron chi connectivity index (χ0n) is 8.61. The third kappa shape index (κ3) is 2.92. The van der Waals surface area contributed by atoms with Crippen molar-refractivity contribution in [1.29, 1.82) is 0 Å². The molecule has 0 heterocycles. The van der Waals surface area contributed by atoms with Crippen molar-refractivity contribution >= 4 is 15.7 Å². The van der Waals surface area contributed by atoms with E-state index in [1.807, 2.05) is 0 Å². The fraction of sp³-hybridized carbons (Fsp3) is 0.333. The number of hydrogen-bond donors (Lipinski definition) is 1. The Hall–Kier alpha value is -1.67. The smallest absolute Gasteiger partial charge is 0.312 e. The van der Waals surface area contributed by atoms with Crippen LogP contribution in [0.1, 0.15) is 7.43 Å². The van der Waals surface area contributed by atoms with Gasteiger partial charge in [-0.2, -0.15) is 0 Å². The molecule has 0 unspecified atom stereocenters. The molecular weight excluding hydrogens is 248 g/mol. The lowest BCUT2D eigenvalue weighted by atomic mass is 10.3. The van der Waals surface area contributed by atoms with Crippen molar-refractivity contribution in [3.8, 4) is 5.75 Å². The molecule has 17 heavy (non-hydrogen) atoms. The molecule has 0 spiro atoms. The average molecular weight is 262 g/mol. The number of phenols is 1. The zero-order valence-corrected chi connectivity index (χ0v) is 9.43. The first-order valence-corrected chi connectivity index (χ1v) is 5.60. The van der Waals surface area contributed by atoms with Crippen molar-refractivity contribution in [2.45, 2.75) is 12.3 Å². The Labute approximate surface area is 99.5 Å². The monoisotopic (exact) mass is 262 g/mol. The van der Waals surface area contributed by atoms with Crippen LogP contribution < -0.4 is 0 Å². The molecular formula is C9H14N2O5S. The summed E-state index contributed by atoms with van der Waals surface area (Å²) < 4.78 is 24.2. The molecule has 1 aromatic carbocycles. The second kappa shape index (κ2) is 5.11. The number of nitro groups is 1. The summed E-state index contributed by atoms with van der Waals surface area (Å²) in [4.78, 5) is 9.43. The number of hydrogen-bond acceptors (Lipinski definition) is 5. The maximum atomic E-state index is 11.6. The first kappa shape index (κ1) is 15.3. The van der Waals surface area contributed by atoms with Gasteiger partial charge in [0.15, 0.2) is 5.75 Å². The highest BCUT2D eigenvalue weighted by atomic mass is 32.2. The molecule has 0 atom stereocenters. The van der Waals surface area contributed by atoms with Crippen LogP contribution in [0.3, 0.4) is 0 Å². The van der Waals surface area contributed by atoms with Crippen LogP contribution in [0.25, 0.3) is 0 Å². The Balaban J connectivity index is 0.00000256. The van der Waals surface area contributed by atoms with Crippen molar-refractivity contribution < 1.29 is 18.4 Å². The van der Waals surface area contributed by atoms with Crippen LogP contribution in [0.15, 0.2) is 23.1 Å². The minimum atomic E-state index is -3.73. The zero-order chi connectivity index (χ0) is 12.5. The SMILES string of the molecule is C.CN(C)S(=O)(=O)c1ccc(O)c([N+](=O)[O-])c1. The first-order chi connectivity index (χ1) is 7.26. The summed E-state index contributed by atoms with van der Waals surface area (Å²) in [6, 6.07) is 2.91. The van der Waals surface area contributed by atoms with Gasteiger partial charge in [-0.25, -0.2) is 12.7 Å². The van der Waals surface area contributed by atoms with E-state index >= 15 is 0 Å². The van der Waals surface area contributed by atoms with E-state index in [-0.39, 0.29) is 12.3 Å². The van der Waals surface area contributed by atoms with E-state index in [4.69, 9.17) is 5.11 Å². The van der Waals surface area contributed by atoms with E-state index < -0.39 is 26.4 Å². The average Bonchev–Trinajstić information content (AvgIpc) is 2.17. The van der Waals surface area contributed by atoms with E-state index in [9.17, 15) is 18.5 Å². The predicted molar refractivity (Wildman–Crippen MR) is 62.4 cm³/mol. The summed E-state index contributed by atoms with van der Waals surface area (Å²) in [5, 5.41) is 19.7. The van der Waals surface area contributed by atoms with Gasteiger partial charge >= 0.3 is 5.69 Å². The fourth-order valence-corrected chi connectivity index (χ4v) is 1.94. The van der Waals surface area contributed by atoms with Gasteiger partial charge in [-0.15, -0.1) is 0 Å². The van der Waals surface area contributed by atoms with Crippen molar-refractivity contribution in [2.75, 3.05) is 14.1 Å². The molecule has 0 aliphatic carbocycles. The molecule has 1 aromatic rings. The molecule has 1 N–H and O–H groups in total. The lowest BCUT2D eigenvalue weighted by molar-refractivity contribution is -0.386. The second-order valence-electron chi connectivity index (χ2n) is 3.20. The topological polar surface area (TPSA) is 101 Å². The molecule has 8 heteroatoms. The normalized spacial score (nSPS) is 11.0. The van der Waals surface area contributed by atoms with Gasteiger partial charge in [-0.1, -0.05) is 7.43 Å². The predicted octanol–water partition coefficient (Wildman–Crippen LogP) is 1.19. The summed E-state index contributed by atoms with van der Waals surface area (Å²) in [5.41, 5.74) is -0.636. The number of phenolic OH excluding ortho intramolecular Hbond substituents is 1. The fourth-order valence-electron chi connectivity index (χ4n) is 1.02. The van der Waals surface area contributed by atoms with Crippen molar-refractivity contribution in [1.82, 2.24) is 4.31 Å². The van der Waals surface area contributed by atoms with Gasteiger partial charge in [-0.05, 0) is 12.1 Å². The lowest BCUT2D eigenvalue weighted by Crippen LogP contribution is -2.22. The molecule has 0 saturated carbocycles. The van der Waals surface area contributed by atoms with E-state index in [1.54, 1.807) is 0 Å². The van der Waals surface area contributed by atoms with Crippen LogP contribution in [0, 0.1) is 10.1 Å². The maximum absolute atomic E-state index is 11.6. The van der Waals surface area contributed by atoms with Crippen LogP contribution in [-0.2, 0) is 10.0 Å². The van der Waals surface area contributed by atoms with Crippen molar-refractivity contribution in [3.63, 3.8) is 0 Å².